The van der Waals surface area contributed by atoms with Gasteiger partial charge in [0.1, 0.15) is 0 Å². The average Bonchev–Trinajstić information content (AvgIpc) is 0.722. The summed E-state index contributed by atoms with van der Waals surface area (Å²) in [4.78, 5) is 0. The van der Waals surface area contributed by atoms with Crippen molar-refractivity contribution in [3.05, 3.63) is 0 Å². The van der Waals surface area contributed by atoms with E-state index in [0.717, 1.165) is 0 Å². The van der Waals surface area contributed by atoms with Crippen LogP contribution in [0, 0.1) is 0 Å². The second-order valence-electron chi connectivity index (χ2n) is 0.271. The number of hydrogen-bond acceptors (Lipinski definition) is 0. The van der Waals surface area contributed by atoms with E-state index in [4.69, 9.17) is 0 Å². The molecule has 0 aliphatic rings. The predicted molar refractivity (Wildman–Crippen MR) is 5.54 cm³/mol. The van der Waals surface area contributed by atoms with Crippen molar-refractivity contribution in [3.63, 3.8) is 0 Å². The minimum Gasteiger partial charge on any atom is -1.00 e. The first-order valence-corrected chi connectivity index (χ1v) is 2.83. The molecule has 0 aliphatic carbocycles. The summed E-state index contributed by atoms with van der Waals surface area (Å²) in [6.07, 6.45) is 0. The zero-order valence-corrected chi connectivity index (χ0v) is 6.38. The van der Waals surface area contributed by atoms with Gasteiger partial charge in [0, 0.05) is 0 Å². The third kappa shape index (κ3) is 54.1. The summed E-state index contributed by atoms with van der Waals surface area (Å²) in [6.45, 7) is 0. The van der Waals surface area contributed by atoms with Crippen LogP contribution in [0.15, 0.2) is 0 Å². The van der Waals surface area contributed by atoms with Crippen LogP contribution in [-0.2, 0) is 17.6 Å². The van der Waals surface area contributed by atoms with Crippen molar-refractivity contribution in [3.8, 4) is 0 Å². The third-order valence-corrected chi connectivity index (χ3v) is 0. The van der Waals surface area contributed by atoms with Crippen LogP contribution in [-0.4, -0.2) is 0 Å². The van der Waals surface area contributed by atoms with E-state index < -0.39 is 17.6 Å². The van der Waals surface area contributed by atoms with Crippen LogP contribution < -0.4 is 29.6 Å². The maximum atomic E-state index is 9.84. The van der Waals surface area contributed by atoms with Gasteiger partial charge in [-0.3, -0.25) is 0 Å². The number of hydrogen-bond donors (Lipinski definition) is 0. The molecule has 0 radical (unpaired) electrons. The van der Waals surface area contributed by atoms with Crippen molar-refractivity contribution in [1.29, 1.82) is 0 Å². The van der Waals surface area contributed by atoms with Crippen molar-refractivity contribution in [1.82, 2.24) is 0 Å². The molecule has 0 atom stereocenters. The van der Waals surface area contributed by atoms with Gasteiger partial charge in [0.15, 0.2) is 0 Å². The summed E-state index contributed by atoms with van der Waals surface area (Å²) >= 11 is -6.70. The summed E-state index contributed by atoms with van der Waals surface area (Å²) in [7, 11) is 0. The van der Waals surface area contributed by atoms with E-state index in [1.165, 1.54) is 0 Å². The smallest absolute Gasteiger partial charge is 1.00 e. The second-order valence-corrected chi connectivity index (χ2v) is 1.60. The molecule has 0 aromatic heterocycles. The molecule has 0 nitrogen and oxygen atoms in total. The van der Waals surface area contributed by atoms with Crippen molar-refractivity contribution in [2.75, 3.05) is 0 Å². The Morgan fingerprint density at radius 1 is 1.00 bits per heavy atom. The summed E-state index contributed by atoms with van der Waals surface area (Å²) in [6, 6.07) is 0. The van der Waals surface area contributed by atoms with Crippen LogP contribution in [0.5, 0.6) is 0 Å². The monoisotopic (exact) mass is 206 g/mol. The average molecular weight is 206 g/mol. The molecule has 0 aromatic rings. The molecule has 6 heavy (non-hydrogen) atoms. The molecular formula is HF4NaPd. The van der Waals surface area contributed by atoms with Crippen molar-refractivity contribution < 1.29 is 61.5 Å². The van der Waals surface area contributed by atoms with Gasteiger partial charge < -0.3 is 1.43 Å². The Morgan fingerprint density at radius 2 is 1.00 bits per heavy atom. The van der Waals surface area contributed by atoms with Crippen molar-refractivity contribution >= 4 is 0 Å². The first kappa shape index (κ1) is 10.4. The molecule has 0 N–H and O–H groups in total. The Kier molecular flexibility index (Phi) is 5.87. The SMILES string of the molecule is [F][Pd]([F])([F])[F].[H-].[Na+]. The third-order valence-electron chi connectivity index (χ3n) is 0. The summed E-state index contributed by atoms with van der Waals surface area (Å²) < 4.78 is 39.4. The molecule has 0 aliphatic heterocycles. The standard InChI is InChI=1S/4FH.Na.Pd.H/h4*1H;;;/q;;;;+1;+4;-1/p-4. The van der Waals surface area contributed by atoms with Crippen LogP contribution in [0.4, 0.5) is 12.9 Å². The van der Waals surface area contributed by atoms with E-state index in [2.05, 4.69) is 0 Å². The minimum absolute atomic E-state index is 0. The van der Waals surface area contributed by atoms with Crippen molar-refractivity contribution in [2.45, 2.75) is 0 Å². The molecule has 40 valence electrons. The molecule has 0 fully saturated rings. The zero-order chi connectivity index (χ0) is 4.50. The van der Waals surface area contributed by atoms with Crippen LogP contribution in [0.3, 0.4) is 0 Å². The molecule has 0 saturated carbocycles. The largest absolute Gasteiger partial charge is 1.00 e. The van der Waals surface area contributed by atoms with Crippen LogP contribution in [0.2, 0.25) is 0 Å². The van der Waals surface area contributed by atoms with Crippen LogP contribution in [0.1, 0.15) is 1.43 Å². The summed E-state index contributed by atoms with van der Waals surface area (Å²) in [5, 5.41) is 0. The zero-order valence-electron chi connectivity index (χ0n) is 3.83. The Labute approximate surface area is 61.2 Å². The molecule has 0 unspecified atom stereocenters. The molecule has 0 bridgehead atoms. The van der Waals surface area contributed by atoms with E-state index in [1.54, 1.807) is 0 Å². The van der Waals surface area contributed by atoms with Gasteiger partial charge in [0.2, 0.25) is 0 Å². The van der Waals surface area contributed by atoms with Gasteiger partial charge in [-0.25, -0.2) is 0 Å². The van der Waals surface area contributed by atoms with Gasteiger partial charge in [0.25, 0.3) is 0 Å². The topological polar surface area (TPSA) is 0 Å². The Balaban J connectivity index is -0.0000000800. The minimum atomic E-state index is -6.70. The number of rotatable bonds is 0. The molecule has 6 heteroatoms. The van der Waals surface area contributed by atoms with Crippen LogP contribution >= 0.6 is 0 Å². The van der Waals surface area contributed by atoms with E-state index >= 15 is 0 Å². The van der Waals surface area contributed by atoms with E-state index in [1.807, 2.05) is 0 Å². The maximum Gasteiger partial charge on any atom is 1.00 e. The van der Waals surface area contributed by atoms with E-state index in [9.17, 15) is 12.9 Å². The van der Waals surface area contributed by atoms with E-state index in [0.29, 0.717) is 0 Å². The Bertz CT molecular complexity index is 27.2. The molecule has 0 rings (SSSR count). The molecule has 0 heterocycles. The van der Waals surface area contributed by atoms with Gasteiger partial charge in [-0.2, -0.15) is 0 Å². The predicted octanol–water partition coefficient (Wildman–Crippen LogP) is -1.21. The molecular weight excluding hydrogens is 205 g/mol. The fraction of sp³-hybridized carbons (Fsp3) is 0. The summed E-state index contributed by atoms with van der Waals surface area (Å²) in [5.74, 6) is 0. The fourth-order valence-corrected chi connectivity index (χ4v) is 0. The van der Waals surface area contributed by atoms with Gasteiger partial charge in [-0.1, -0.05) is 0 Å². The van der Waals surface area contributed by atoms with Gasteiger partial charge in [-0.05, 0) is 0 Å². The molecule has 0 spiro atoms. The summed E-state index contributed by atoms with van der Waals surface area (Å²) in [5.41, 5.74) is 0. The quantitative estimate of drug-likeness (QED) is 0.345. The van der Waals surface area contributed by atoms with Crippen LogP contribution in [0.25, 0.3) is 0 Å². The van der Waals surface area contributed by atoms with Gasteiger partial charge in [0.05, 0.1) is 0 Å². The number of halogens is 4. The Morgan fingerprint density at radius 3 is 1.00 bits per heavy atom. The molecule has 0 aromatic carbocycles. The Hall–Kier alpha value is 1.38. The molecule has 0 amide bonds. The first-order chi connectivity index (χ1) is 2.00. The normalized spacial score (nSPS) is 12.7. The second kappa shape index (κ2) is 3.39. The molecule has 0 saturated heterocycles. The fourth-order valence-electron chi connectivity index (χ4n) is 0. The van der Waals surface area contributed by atoms with E-state index in [-0.39, 0.29) is 31.0 Å². The first-order valence-electron chi connectivity index (χ1n) is 0.478. The van der Waals surface area contributed by atoms with Gasteiger partial charge >= 0.3 is 60.0 Å². The van der Waals surface area contributed by atoms with Gasteiger partial charge in [-0.15, -0.1) is 0 Å². The maximum absolute atomic E-state index is 9.84. The van der Waals surface area contributed by atoms with Crippen molar-refractivity contribution in [2.24, 2.45) is 0 Å².